The number of ether oxygens (including phenoxy) is 1. The van der Waals surface area contributed by atoms with Gasteiger partial charge in [0.2, 0.25) is 0 Å². The Balaban J connectivity index is 1.55. The minimum atomic E-state index is -0.292. The van der Waals surface area contributed by atoms with E-state index < -0.39 is 0 Å². The van der Waals surface area contributed by atoms with Gasteiger partial charge in [-0.05, 0) is 43.9 Å². The molecule has 1 saturated heterocycles. The number of likely N-dealkylation sites (tertiary alicyclic amines) is 1. The zero-order valence-corrected chi connectivity index (χ0v) is 15.7. The molecule has 2 heterocycles. The Kier molecular flexibility index (Phi) is 6.05. The molecule has 2 amide bonds. The summed E-state index contributed by atoms with van der Waals surface area (Å²) in [6.07, 6.45) is 3.69. The van der Waals surface area contributed by atoms with Gasteiger partial charge in [-0.2, -0.15) is 0 Å². The standard InChI is InChI=1S/C19H25N5O3/c1-3-14-5-7-16(8-6-14)24-13-17(21-22-24)18(25)20-15-9-11-23(12-10-15)19(26)27-4-2/h5-8,13,15H,3-4,9-12H2,1-2H3,(H,20,25). The van der Waals surface area contributed by atoms with E-state index in [2.05, 4.69) is 22.6 Å². The molecule has 1 aliphatic rings. The summed E-state index contributed by atoms with van der Waals surface area (Å²) in [6.45, 7) is 5.40. The van der Waals surface area contributed by atoms with Crippen molar-refractivity contribution in [1.29, 1.82) is 0 Å². The number of carbonyl (C=O) groups excluding carboxylic acids is 2. The monoisotopic (exact) mass is 371 g/mol. The van der Waals surface area contributed by atoms with Crippen LogP contribution in [0.2, 0.25) is 0 Å². The van der Waals surface area contributed by atoms with Crippen LogP contribution in [0.3, 0.4) is 0 Å². The second kappa shape index (κ2) is 8.66. The van der Waals surface area contributed by atoms with Crippen molar-refractivity contribution in [2.45, 2.75) is 39.2 Å². The first kappa shape index (κ1) is 18.9. The Labute approximate surface area is 158 Å². The number of rotatable bonds is 5. The highest BCUT2D eigenvalue weighted by atomic mass is 16.6. The van der Waals surface area contributed by atoms with Crippen LogP contribution in [-0.4, -0.2) is 57.6 Å². The van der Waals surface area contributed by atoms with Crippen LogP contribution in [-0.2, 0) is 11.2 Å². The number of piperidine rings is 1. The van der Waals surface area contributed by atoms with Crippen molar-refractivity contribution < 1.29 is 14.3 Å². The highest BCUT2D eigenvalue weighted by molar-refractivity contribution is 5.92. The smallest absolute Gasteiger partial charge is 0.409 e. The third-order valence-electron chi connectivity index (χ3n) is 4.69. The van der Waals surface area contributed by atoms with E-state index in [9.17, 15) is 9.59 Å². The van der Waals surface area contributed by atoms with Crippen LogP contribution in [0.4, 0.5) is 4.79 Å². The number of carbonyl (C=O) groups is 2. The van der Waals surface area contributed by atoms with E-state index in [4.69, 9.17) is 4.74 Å². The van der Waals surface area contributed by atoms with E-state index in [0.29, 0.717) is 32.5 Å². The lowest BCUT2D eigenvalue weighted by Gasteiger charge is -2.31. The van der Waals surface area contributed by atoms with Gasteiger partial charge in [0.15, 0.2) is 5.69 Å². The van der Waals surface area contributed by atoms with Gasteiger partial charge in [-0.3, -0.25) is 4.79 Å². The Morgan fingerprint density at radius 1 is 1.19 bits per heavy atom. The fourth-order valence-corrected chi connectivity index (χ4v) is 3.06. The van der Waals surface area contributed by atoms with Crippen molar-refractivity contribution in [2.75, 3.05) is 19.7 Å². The summed E-state index contributed by atoms with van der Waals surface area (Å²) in [7, 11) is 0. The molecule has 1 N–H and O–H groups in total. The van der Waals surface area contributed by atoms with E-state index >= 15 is 0 Å². The number of amides is 2. The number of aryl methyl sites for hydroxylation is 1. The van der Waals surface area contributed by atoms with Crippen LogP contribution < -0.4 is 5.32 Å². The van der Waals surface area contributed by atoms with Crippen molar-refractivity contribution in [2.24, 2.45) is 0 Å². The number of nitrogens with zero attached hydrogens (tertiary/aromatic N) is 4. The fraction of sp³-hybridized carbons (Fsp3) is 0.474. The molecule has 0 unspecified atom stereocenters. The van der Waals surface area contributed by atoms with Crippen LogP contribution in [0.15, 0.2) is 30.5 Å². The largest absolute Gasteiger partial charge is 0.450 e. The van der Waals surface area contributed by atoms with Crippen LogP contribution >= 0.6 is 0 Å². The maximum Gasteiger partial charge on any atom is 0.409 e. The van der Waals surface area contributed by atoms with Crippen LogP contribution in [0.25, 0.3) is 5.69 Å². The highest BCUT2D eigenvalue weighted by Crippen LogP contribution is 2.13. The first-order valence-electron chi connectivity index (χ1n) is 9.35. The Morgan fingerprint density at radius 3 is 2.52 bits per heavy atom. The summed E-state index contributed by atoms with van der Waals surface area (Å²) >= 11 is 0. The van der Waals surface area contributed by atoms with E-state index in [0.717, 1.165) is 12.1 Å². The molecule has 8 nitrogen and oxygen atoms in total. The highest BCUT2D eigenvalue weighted by Gasteiger charge is 2.25. The SMILES string of the molecule is CCOC(=O)N1CCC(NC(=O)c2cn(-c3ccc(CC)cc3)nn2)CC1. The van der Waals surface area contributed by atoms with Gasteiger partial charge < -0.3 is 15.0 Å². The minimum absolute atomic E-state index is 0.0113. The van der Waals surface area contributed by atoms with E-state index in [1.54, 1.807) is 22.7 Å². The van der Waals surface area contributed by atoms with Crippen LogP contribution in [0.1, 0.15) is 42.7 Å². The van der Waals surface area contributed by atoms with Gasteiger partial charge in [-0.25, -0.2) is 9.48 Å². The lowest BCUT2D eigenvalue weighted by atomic mass is 10.1. The number of aromatic nitrogens is 3. The molecule has 27 heavy (non-hydrogen) atoms. The maximum atomic E-state index is 12.4. The van der Waals surface area contributed by atoms with Gasteiger partial charge in [-0.1, -0.05) is 24.3 Å². The molecule has 0 bridgehead atoms. The molecule has 0 atom stereocenters. The number of hydrogen-bond donors (Lipinski definition) is 1. The van der Waals surface area contributed by atoms with E-state index in [-0.39, 0.29) is 23.7 Å². The molecule has 0 radical (unpaired) electrons. The van der Waals surface area contributed by atoms with Gasteiger partial charge in [0, 0.05) is 19.1 Å². The third kappa shape index (κ3) is 4.64. The molecule has 144 valence electrons. The van der Waals surface area contributed by atoms with Gasteiger partial charge in [0.05, 0.1) is 18.5 Å². The van der Waals surface area contributed by atoms with E-state index in [1.165, 1.54) is 5.56 Å². The van der Waals surface area contributed by atoms with Crippen LogP contribution in [0, 0.1) is 0 Å². The molecule has 0 saturated carbocycles. The molecule has 2 aromatic rings. The molecule has 0 spiro atoms. The zero-order chi connectivity index (χ0) is 19.2. The molecule has 1 aromatic heterocycles. The summed E-state index contributed by atoms with van der Waals surface area (Å²) in [5.74, 6) is -0.249. The number of benzene rings is 1. The lowest BCUT2D eigenvalue weighted by Crippen LogP contribution is -2.46. The molecular formula is C19H25N5O3. The zero-order valence-electron chi connectivity index (χ0n) is 15.7. The van der Waals surface area contributed by atoms with Gasteiger partial charge in [-0.15, -0.1) is 5.10 Å². The molecule has 8 heteroatoms. The van der Waals surface area contributed by atoms with Crippen molar-refractivity contribution in [1.82, 2.24) is 25.2 Å². The summed E-state index contributed by atoms with van der Waals surface area (Å²) in [5.41, 5.74) is 2.38. The predicted octanol–water partition coefficient (Wildman–Crippen LogP) is 2.18. The predicted molar refractivity (Wildman–Crippen MR) is 99.8 cm³/mol. The quantitative estimate of drug-likeness (QED) is 0.870. The topological polar surface area (TPSA) is 89.4 Å². The number of hydrogen-bond acceptors (Lipinski definition) is 5. The van der Waals surface area contributed by atoms with E-state index in [1.807, 2.05) is 24.3 Å². The molecule has 1 fully saturated rings. The normalized spacial score (nSPS) is 14.8. The Bertz CT molecular complexity index is 779. The maximum absolute atomic E-state index is 12.4. The lowest BCUT2D eigenvalue weighted by molar-refractivity contribution is 0.0856. The minimum Gasteiger partial charge on any atom is -0.450 e. The first-order valence-corrected chi connectivity index (χ1v) is 9.35. The molecule has 0 aliphatic carbocycles. The molecule has 1 aliphatic heterocycles. The molecule has 3 rings (SSSR count). The van der Waals surface area contributed by atoms with Crippen molar-refractivity contribution in [3.63, 3.8) is 0 Å². The molecular weight excluding hydrogens is 346 g/mol. The fourth-order valence-electron chi connectivity index (χ4n) is 3.06. The summed E-state index contributed by atoms with van der Waals surface area (Å²) in [5, 5.41) is 11.0. The van der Waals surface area contributed by atoms with Gasteiger partial charge in [0.25, 0.3) is 5.91 Å². The van der Waals surface area contributed by atoms with Crippen molar-refractivity contribution in [3.05, 3.63) is 41.7 Å². The van der Waals surface area contributed by atoms with Crippen LogP contribution in [0.5, 0.6) is 0 Å². The Morgan fingerprint density at radius 2 is 1.89 bits per heavy atom. The summed E-state index contributed by atoms with van der Waals surface area (Å²) < 4.78 is 6.60. The summed E-state index contributed by atoms with van der Waals surface area (Å²) in [4.78, 5) is 25.8. The average Bonchev–Trinajstić information content (AvgIpc) is 3.19. The van der Waals surface area contributed by atoms with Crippen molar-refractivity contribution >= 4 is 12.0 Å². The molecule has 1 aromatic carbocycles. The first-order chi connectivity index (χ1) is 13.1. The summed E-state index contributed by atoms with van der Waals surface area (Å²) in [6, 6.07) is 8.00. The second-order valence-electron chi connectivity index (χ2n) is 6.50. The Hall–Kier alpha value is -2.90. The number of nitrogens with one attached hydrogen (secondary N) is 1. The van der Waals surface area contributed by atoms with Crippen molar-refractivity contribution in [3.8, 4) is 5.69 Å². The third-order valence-corrected chi connectivity index (χ3v) is 4.69. The van der Waals surface area contributed by atoms with Gasteiger partial charge >= 0.3 is 6.09 Å². The average molecular weight is 371 g/mol. The second-order valence-corrected chi connectivity index (χ2v) is 6.50. The van der Waals surface area contributed by atoms with Gasteiger partial charge in [0.1, 0.15) is 0 Å².